The molecule has 0 bridgehead atoms. The van der Waals surface area contributed by atoms with E-state index in [2.05, 4.69) is 10.0 Å². The highest BCUT2D eigenvalue weighted by atomic mass is 35.5. The molecule has 0 aliphatic rings. The Bertz CT molecular complexity index is 849. The SMILES string of the molecule is CC(C)CNS(=O)(=O)c1cccc(C(=O)NCCc2ccc(Cl)cc2)c1. The van der Waals surface area contributed by atoms with E-state index in [1.807, 2.05) is 26.0 Å². The van der Waals surface area contributed by atoms with Crippen molar-refractivity contribution in [3.05, 3.63) is 64.7 Å². The van der Waals surface area contributed by atoms with Crippen LogP contribution in [0.15, 0.2) is 53.4 Å². The molecule has 0 saturated heterocycles. The lowest BCUT2D eigenvalue weighted by molar-refractivity contribution is 0.0954. The Kier molecular flexibility index (Phi) is 7.20. The molecule has 0 aliphatic heterocycles. The van der Waals surface area contributed by atoms with Crippen molar-refractivity contribution in [1.29, 1.82) is 0 Å². The number of benzene rings is 2. The van der Waals surface area contributed by atoms with Crippen LogP contribution in [0.3, 0.4) is 0 Å². The molecule has 5 nitrogen and oxygen atoms in total. The van der Waals surface area contributed by atoms with Crippen molar-refractivity contribution in [3.63, 3.8) is 0 Å². The molecule has 0 fully saturated rings. The van der Waals surface area contributed by atoms with E-state index in [9.17, 15) is 13.2 Å². The van der Waals surface area contributed by atoms with Crippen LogP contribution in [0.2, 0.25) is 5.02 Å². The van der Waals surface area contributed by atoms with Crippen LogP contribution in [0.25, 0.3) is 0 Å². The van der Waals surface area contributed by atoms with Crippen LogP contribution >= 0.6 is 11.6 Å². The van der Waals surface area contributed by atoms with Crippen LogP contribution in [-0.4, -0.2) is 27.4 Å². The van der Waals surface area contributed by atoms with Crippen molar-refractivity contribution >= 4 is 27.5 Å². The molecule has 2 rings (SSSR count). The number of hydrogen-bond acceptors (Lipinski definition) is 3. The van der Waals surface area contributed by atoms with Gasteiger partial charge in [-0.25, -0.2) is 13.1 Å². The van der Waals surface area contributed by atoms with Crippen molar-refractivity contribution in [1.82, 2.24) is 10.0 Å². The number of carbonyl (C=O) groups is 1. The van der Waals surface area contributed by atoms with Gasteiger partial charge in [0.25, 0.3) is 5.91 Å². The van der Waals surface area contributed by atoms with Gasteiger partial charge < -0.3 is 5.32 Å². The molecule has 0 radical (unpaired) electrons. The Hall–Kier alpha value is -1.89. The van der Waals surface area contributed by atoms with Crippen LogP contribution in [-0.2, 0) is 16.4 Å². The van der Waals surface area contributed by atoms with E-state index in [0.29, 0.717) is 30.1 Å². The van der Waals surface area contributed by atoms with Gasteiger partial charge in [-0.15, -0.1) is 0 Å². The summed E-state index contributed by atoms with van der Waals surface area (Å²) < 4.78 is 27.1. The lowest BCUT2D eigenvalue weighted by atomic mass is 10.1. The topological polar surface area (TPSA) is 75.3 Å². The third kappa shape index (κ3) is 6.12. The van der Waals surface area contributed by atoms with Gasteiger partial charge in [-0.1, -0.05) is 43.6 Å². The molecule has 7 heteroatoms. The first-order valence-electron chi connectivity index (χ1n) is 8.40. The number of rotatable bonds is 8. The second-order valence-corrected chi connectivity index (χ2v) is 8.61. The normalized spacial score (nSPS) is 11.5. The maximum atomic E-state index is 12.3. The molecule has 0 saturated carbocycles. The summed E-state index contributed by atoms with van der Waals surface area (Å²) in [5, 5.41) is 3.47. The predicted molar refractivity (Wildman–Crippen MR) is 104 cm³/mol. The first kappa shape index (κ1) is 20.4. The lowest BCUT2D eigenvalue weighted by Gasteiger charge is -2.10. The van der Waals surface area contributed by atoms with Crippen LogP contribution in [0.4, 0.5) is 0 Å². The molecule has 2 N–H and O–H groups in total. The van der Waals surface area contributed by atoms with Crippen molar-refractivity contribution in [2.45, 2.75) is 25.2 Å². The summed E-state index contributed by atoms with van der Waals surface area (Å²) in [6.45, 7) is 4.64. The standard InChI is InChI=1S/C19H23ClN2O3S/c1-14(2)13-22-26(24,25)18-5-3-4-16(12-18)19(23)21-11-10-15-6-8-17(20)9-7-15/h3-9,12,14,22H,10-11,13H2,1-2H3,(H,21,23). The van der Waals surface area contributed by atoms with Gasteiger partial charge in [-0.2, -0.15) is 0 Å². The Labute approximate surface area is 159 Å². The van der Waals surface area contributed by atoms with Crippen molar-refractivity contribution < 1.29 is 13.2 Å². The van der Waals surface area contributed by atoms with Gasteiger partial charge in [0.1, 0.15) is 0 Å². The monoisotopic (exact) mass is 394 g/mol. The first-order chi connectivity index (χ1) is 12.3. The van der Waals surface area contributed by atoms with E-state index in [0.717, 1.165) is 5.56 Å². The van der Waals surface area contributed by atoms with Crippen LogP contribution < -0.4 is 10.0 Å². The number of halogens is 1. The van der Waals surface area contributed by atoms with Gasteiger partial charge in [-0.05, 0) is 48.2 Å². The van der Waals surface area contributed by atoms with E-state index >= 15 is 0 Å². The summed E-state index contributed by atoms with van der Waals surface area (Å²) >= 11 is 5.84. The van der Waals surface area contributed by atoms with Gasteiger partial charge in [0.2, 0.25) is 10.0 Å². The van der Waals surface area contributed by atoms with Crippen LogP contribution in [0, 0.1) is 5.92 Å². The summed E-state index contributed by atoms with van der Waals surface area (Å²) in [7, 11) is -3.62. The fourth-order valence-electron chi connectivity index (χ4n) is 2.24. The molecule has 140 valence electrons. The molecule has 0 heterocycles. The minimum absolute atomic E-state index is 0.0866. The number of nitrogens with one attached hydrogen (secondary N) is 2. The summed E-state index contributed by atoms with van der Waals surface area (Å²) in [5.41, 5.74) is 1.37. The second-order valence-electron chi connectivity index (χ2n) is 6.41. The van der Waals surface area contributed by atoms with Crippen molar-refractivity contribution in [2.75, 3.05) is 13.1 Å². The Morgan fingerprint density at radius 2 is 1.81 bits per heavy atom. The third-order valence-electron chi connectivity index (χ3n) is 3.70. The Morgan fingerprint density at radius 1 is 1.12 bits per heavy atom. The molecule has 0 spiro atoms. The first-order valence-corrected chi connectivity index (χ1v) is 10.3. The smallest absolute Gasteiger partial charge is 0.251 e. The average Bonchev–Trinajstić information content (AvgIpc) is 2.62. The maximum Gasteiger partial charge on any atom is 0.251 e. The highest BCUT2D eigenvalue weighted by Crippen LogP contribution is 2.12. The van der Waals surface area contributed by atoms with Crippen molar-refractivity contribution in [3.8, 4) is 0 Å². The molecule has 1 amide bonds. The highest BCUT2D eigenvalue weighted by Gasteiger charge is 2.16. The van der Waals surface area contributed by atoms with E-state index in [1.165, 1.54) is 12.1 Å². The molecular formula is C19H23ClN2O3S. The largest absolute Gasteiger partial charge is 0.352 e. The Morgan fingerprint density at radius 3 is 2.46 bits per heavy atom. The van der Waals surface area contributed by atoms with E-state index in [1.54, 1.807) is 24.3 Å². The third-order valence-corrected chi connectivity index (χ3v) is 5.37. The zero-order chi connectivity index (χ0) is 19.2. The number of sulfonamides is 1. The second kappa shape index (κ2) is 9.16. The van der Waals surface area contributed by atoms with Gasteiger partial charge in [-0.3, -0.25) is 4.79 Å². The van der Waals surface area contributed by atoms with Crippen LogP contribution in [0.5, 0.6) is 0 Å². The number of amides is 1. The molecule has 0 aliphatic carbocycles. The molecule has 0 atom stereocenters. The Balaban J connectivity index is 1.97. The molecule has 26 heavy (non-hydrogen) atoms. The summed E-state index contributed by atoms with van der Waals surface area (Å²) in [5.74, 6) is -0.107. The van der Waals surface area contributed by atoms with E-state index in [4.69, 9.17) is 11.6 Å². The zero-order valence-corrected chi connectivity index (χ0v) is 16.4. The van der Waals surface area contributed by atoms with Gasteiger partial charge in [0.05, 0.1) is 4.90 Å². The quantitative estimate of drug-likeness (QED) is 0.721. The summed E-state index contributed by atoms with van der Waals surface area (Å²) in [6.07, 6.45) is 0.664. The fourth-order valence-corrected chi connectivity index (χ4v) is 3.62. The highest BCUT2D eigenvalue weighted by molar-refractivity contribution is 7.89. The van der Waals surface area contributed by atoms with Crippen LogP contribution in [0.1, 0.15) is 29.8 Å². The number of hydrogen-bond donors (Lipinski definition) is 2. The molecule has 2 aromatic carbocycles. The average molecular weight is 395 g/mol. The van der Waals surface area contributed by atoms with Gasteiger partial charge in [0, 0.05) is 23.7 Å². The molecule has 0 unspecified atom stereocenters. The minimum atomic E-state index is -3.62. The predicted octanol–water partition coefficient (Wildman–Crippen LogP) is 3.25. The van der Waals surface area contributed by atoms with Gasteiger partial charge in [0.15, 0.2) is 0 Å². The molecule has 2 aromatic rings. The molecular weight excluding hydrogens is 372 g/mol. The maximum absolute atomic E-state index is 12.3. The lowest BCUT2D eigenvalue weighted by Crippen LogP contribution is -2.28. The minimum Gasteiger partial charge on any atom is -0.352 e. The van der Waals surface area contributed by atoms with Crippen molar-refractivity contribution in [2.24, 2.45) is 5.92 Å². The fraction of sp³-hybridized carbons (Fsp3) is 0.316. The van der Waals surface area contributed by atoms with Gasteiger partial charge >= 0.3 is 0 Å². The number of carbonyl (C=O) groups excluding carboxylic acids is 1. The summed E-state index contributed by atoms with van der Waals surface area (Å²) in [4.78, 5) is 12.4. The van der Waals surface area contributed by atoms with E-state index in [-0.39, 0.29) is 16.7 Å². The molecule has 0 aromatic heterocycles. The summed E-state index contributed by atoms with van der Waals surface area (Å²) in [6, 6.07) is 13.4. The van der Waals surface area contributed by atoms with E-state index < -0.39 is 10.0 Å². The zero-order valence-electron chi connectivity index (χ0n) is 14.8.